The van der Waals surface area contributed by atoms with Gasteiger partial charge in [-0.1, -0.05) is 89.0 Å². The van der Waals surface area contributed by atoms with Gasteiger partial charge >= 0.3 is 0 Å². The molecule has 0 amide bonds. The van der Waals surface area contributed by atoms with E-state index in [0.29, 0.717) is 46.2 Å². The van der Waals surface area contributed by atoms with Gasteiger partial charge in [0.1, 0.15) is 0 Å². The van der Waals surface area contributed by atoms with Crippen molar-refractivity contribution in [3.05, 3.63) is 35.4 Å². The van der Waals surface area contributed by atoms with Crippen molar-refractivity contribution in [2.24, 2.45) is 0 Å². The van der Waals surface area contributed by atoms with Crippen LogP contribution in [0.2, 0.25) is 0 Å². The van der Waals surface area contributed by atoms with Crippen molar-refractivity contribution >= 4 is 0 Å². The zero-order valence-corrected chi connectivity index (χ0v) is 19.7. The van der Waals surface area contributed by atoms with E-state index in [1.54, 1.807) is 7.11 Å². The SMILES string of the molecule is CCCCCCCCCCCCc1ccc(COCCOCCOCCOC)cc1. The van der Waals surface area contributed by atoms with Crippen LogP contribution >= 0.6 is 0 Å². The molecule has 30 heavy (non-hydrogen) atoms. The molecule has 0 aromatic heterocycles. The average molecular weight is 423 g/mol. The van der Waals surface area contributed by atoms with Gasteiger partial charge in [-0.15, -0.1) is 0 Å². The van der Waals surface area contributed by atoms with E-state index < -0.39 is 0 Å². The van der Waals surface area contributed by atoms with Gasteiger partial charge in [0, 0.05) is 7.11 Å². The van der Waals surface area contributed by atoms with E-state index in [-0.39, 0.29) is 0 Å². The second kappa shape index (κ2) is 21.3. The third-order valence-corrected chi connectivity index (χ3v) is 5.29. The Balaban J connectivity index is 1.92. The number of ether oxygens (including phenoxy) is 4. The molecule has 0 saturated heterocycles. The van der Waals surface area contributed by atoms with Crippen molar-refractivity contribution in [1.29, 1.82) is 0 Å². The first kappa shape index (κ1) is 27.1. The van der Waals surface area contributed by atoms with Crippen molar-refractivity contribution in [3.8, 4) is 0 Å². The first-order chi connectivity index (χ1) is 14.9. The van der Waals surface area contributed by atoms with E-state index in [2.05, 4.69) is 31.2 Å². The molecule has 0 aliphatic carbocycles. The lowest BCUT2D eigenvalue weighted by atomic mass is 10.0. The van der Waals surface area contributed by atoms with Crippen LogP contribution in [0.5, 0.6) is 0 Å². The quantitative estimate of drug-likeness (QED) is 0.204. The molecule has 0 fully saturated rings. The second-order valence-corrected chi connectivity index (χ2v) is 8.02. The monoisotopic (exact) mass is 422 g/mol. The van der Waals surface area contributed by atoms with Crippen LogP contribution < -0.4 is 0 Å². The van der Waals surface area contributed by atoms with Crippen molar-refractivity contribution in [3.63, 3.8) is 0 Å². The molecule has 1 rings (SSSR count). The molecule has 174 valence electrons. The summed E-state index contributed by atoms with van der Waals surface area (Å²) in [6.45, 7) is 6.58. The molecule has 4 nitrogen and oxygen atoms in total. The van der Waals surface area contributed by atoms with E-state index in [9.17, 15) is 0 Å². The van der Waals surface area contributed by atoms with E-state index in [4.69, 9.17) is 18.9 Å². The second-order valence-electron chi connectivity index (χ2n) is 8.02. The van der Waals surface area contributed by atoms with Crippen LogP contribution in [-0.4, -0.2) is 46.8 Å². The Morgan fingerprint density at radius 2 is 1.00 bits per heavy atom. The van der Waals surface area contributed by atoms with Gasteiger partial charge in [-0.3, -0.25) is 0 Å². The summed E-state index contributed by atoms with van der Waals surface area (Å²) in [6.07, 6.45) is 15.1. The van der Waals surface area contributed by atoms with Crippen LogP contribution in [-0.2, 0) is 32.0 Å². The van der Waals surface area contributed by atoms with Crippen molar-refractivity contribution in [2.45, 2.75) is 84.2 Å². The standard InChI is InChI=1S/C26H46O4/c1-3-4-5-6-7-8-9-10-11-12-13-25-14-16-26(17-15-25)24-30-23-22-29-21-20-28-19-18-27-2/h14-17H,3-13,18-24H2,1-2H3. The van der Waals surface area contributed by atoms with Crippen molar-refractivity contribution in [2.75, 3.05) is 46.8 Å². The molecule has 0 saturated carbocycles. The first-order valence-electron chi connectivity index (χ1n) is 12.2. The molecular formula is C26H46O4. The maximum atomic E-state index is 5.69. The van der Waals surface area contributed by atoms with Gasteiger partial charge < -0.3 is 18.9 Å². The van der Waals surface area contributed by atoms with Gasteiger partial charge in [0.25, 0.3) is 0 Å². The fourth-order valence-corrected chi connectivity index (χ4v) is 3.39. The smallest absolute Gasteiger partial charge is 0.0718 e. The highest BCUT2D eigenvalue weighted by atomic mass is 16.6. The van der Waals surface area contributed by atoms with Gasteiger partial charge in [-0.25, -0.2) is 0 Å². The summed E-state index contributed by atoms with van der Waals surface area (Å²) in [4.78, 5) is 0. The lowest BCUT2D eigenvalue weighted by Crippen LogP contribution is -2.11. The number of unbranched alkanes of at least 4 members (excludes halogenated alkanes) is 9. The number of methoxy groups -OCH3 is 1. The predicted molar refractivity (Wildman–Crippen MR) is 125 cm³/mol. The molecule has 1 aromatic carbocycles. The van der Waals surface area contributed by atoms with Crippen LogP contribution in [0.25, 0.3) is 0 Å². The van der Waals surface area contributed by atoms with E-state index in [1.165, 1.54) is 81.8 Å². The fourth-order valence-electron chi connectivity index (χ4n) is 3.39. The Kier molecular flexibility index (Phi) is 19.2. The van der Waals surface area contributed by atoms with E-state index >= 15 is 0 Å². The lowest BCUT2D eigenvalue weighted by molar-refractivity contribution is 0.000868. The number of hydrogen-bond donors (Lipinski definition) is 0. The molecule has 0 radical (unpaired) electrons. The highest BCUT2D eigenvalue weighted by Gasteiger charge is 1.98. The Morgan fingerprint density at radius 1 is 0.533 bits per heavy atom. The molecule has 0 bridgehead atoms. The molecule has 0 atom stereocenters. The number of rotatable bonds is 22. The average Bonchev–Trinajstić information content (AvgIpc) is 2.77. The van der Waals surface area contributed by atoms with E-state index in [1.807, 2.05) is 0 Å². The van der Waals surface area contributed by atoms with Crippen LogP contribution in [0.15, 0.2) is 24.3 Å². The van der Waals surface area contributed by atoms with Gasteiger partial charge in [-0.05, 0) is 24.0 Å². The molecule has 0 aliphatic heterocycles. The Labute approximate surface area is 185 Å². The van der Waals surface area contributed by atoms with Gasteiger partial charge in [0.2, 0.25) is 0 Å². The summed E-state index contributed by atoms with van der Waals surface area (Å²) in [7, 11) is 1.67. The summed E-state index contributed by atoms with van der Waals surface area (Å²) in [6, 6.07) is 8.88. The van der Waals surface area contributed by atoms with E-state index in [0.717, 1.165) is 0 Å². The summed E-state index contributed by atoms with van der Waals surface area (Å²) in [5.74, 6) is 0. The van der Waals surface area contributed by atoms with Crippen LogP contribution in [0.1, 0.15) is 82.3 Å². The van der Waals surface area contributed by atoms with Crippen LogP contribution in [0.4, 0.5) is 0 Å². The highest BCUT2D eigenvalue weighted by Crippen LogP contribution is 2.13. The van der Waals surface area contributed by atoms with Crippen LogP contribution in [0, 0.1) is 0 Å². The van der Waals surface area contributed by atoms with Gasteiger partial charge in [0.05, 0.1) is 46.2 Å². The number of aryl methyl sites for hydroxylation is 1. The summed E-state index contributed by atoms with van der Waals surface area (Å²) >= 11 is 0. The summed E-state index contributed by atoms with van der Waals surface area (Å²) in [5, 5.41) is 0. The molecule has 0 unspecified atom stereocenters. The first-order valence-corrected chi connectivity index (χ1v) is 12.2. The highest BCUT2D eigenvalue weighted by molar-refractivity contribution is 5.22. The summed E-state index contributed by atoms with van der Waals surface area (Å²) < 4.78 is 21.4. The third kappa shape index (κ3) is 16.8. The van der Waals surface area contributed by atoms with Gasteiger partial charge in [-0.2, -0.15) is 0 Å². The largest absolute Gasteiger partial charge is 0.382 e. The summed E-state index contributed by atoms with van der Waals surface area (Å²) in [5.41, 5.74) is 2.67. The molecule has 0 heterocycles. The minimum absolute atomic E-state index is 0.598. The molecule has 0 aliphatic rings. The molecule has 1 aromatic rings. The maximum absolute atomic E-state index is 5.69. The fraction of sp³-hybridized carbons (Fsp3) is 0.769. The molecule has 0 spiro atoms. The number of benzene rings is 1. The maximum Gasteiger partial charge on any atom is 0.0718 e. The third-order valence-electron chi connectivity index (χ3n) is 5.29. The van der Waals surface area contributed by atoms with Crippen LogP contribution in [0.3, 0.4) is 0 Å². The zero-order valence-electron chi connectivity index (χ0n) is 19.7. The molecule has 4 heteroatoms. The number of hydrogen-bond acceptors (Lipinski definition) is 4. The lowest BCUT2D eigenvalue weighted by Gasteiger charge is -2.08. The van der Waals surface area contributed by atoms with Crippen molar-refractivity contribution in [1.82, 2.24) is 0 Å². The Hall–Kier alpha value is -0.940. The van der Waals surface area contributed by atoms with Gasteiger partial charge in [0.15, 0.2) is 0 Å². The predicted octanol–water partition coefficient (Wildman–Crippen LogP) is 6.35. The minimum atomic E-state index is 0.598. The van der Waals surface area contributed by atoms with Crippen molar-refractivity contribution < 1.29 is 18.9 Å². The Morgan fingerprint density at radius 3 is 1.57 bits per heavy atom. The minimum Gasteiger partial charge on any atom is -0.382 e. The molecule has 0 N–H and O–H groups in total. The zero-order chi connectivity index (χ0) is 21.5. The topological polar surface area (TPSA) is 36.9 Å². The normalized spacial score (nSPS) is 11.3. The molecular weight excluding hydrogens is 376 g/mol. The Bertz CT molecular complexity index is 418.